The van der Waals surface area contributed by atoms with Gasteiger partial charge in [-0.05, 0) is 0 Å². The molecule has 0 spiro atoms. The number of hydrogen-bond acceptors (Lipinski definition) is 4. The van der Waals surface area contributed by atoms with E-state index >= 15 is 0 Å². The van der Waals surface area contributed by atoms with Gasteiger partial charge in [0.15, 0.2) is 23.3 Å². The van der Waals surface area contributed by atoms with Gasteiger partial charge in [0.2, 0.25) is 0 Å². The number of aromatic nitrogens is 1. The van der Waals surface area contributed by atoms with Crippen molar-refractivity contribution >= 4 is 23.4 Å². The zero-order chi connectivity index (χ0) is 11.7. The summed E-state index contributed by atoms with van der Waals surface area (Å²) < 4.78 is 26.5. The lowest BCUT2D eigenvalue weighted by molar-refractivity contribution is 0.570. The number of rotatable bonds is 1. The minimum atomic E-state index is -0.805. The highest BCUT2D eigenvalue weighted by Gasteiger charge is 2.22. The first kappa shape index (κ1) is 11.4. The van der Waals surface area contributed by atoms with Crippen LogP contribution in [0.25, 0.3) is 0 Å². The van der Waals surface area contributed by atoms with Gasteiger partial charge in [-0.2, -0.15) is 11.8 Å². The number of pyridine rings is 1. The van der Waals surface area contributed by atoms with E-state index in [1.54, 1.807) is 0 Å². The van der Waals surface area contributed by atoms with Crippen molar-refractivity contribution in [1.29, 1.82) is 0 Å². The van der Waals surface area contributed by atoms with Crippen molar-refractivity contribution < 1.29 is 8.78 Å². The molecule has 0 saturated carbocycles. The van der Waals surface area contributed by atoms with Crippen molar-refractivity contribution in [2.24, 2.45) is 0 Å². The Labute approximate surface area is 97.0 Å². The van der Waals surface area contributed by atoms with Gasteiger partial charge in [0.25, 0.3) is 0 Å². The number of nitrogens with two attached hydrogens (primary N) is 1. The van der Waals surface area contributed by atoms with Crippen LogP contribution in [0.1, 0.15) is 6.92 Å². The number of nitrogens with zero attached hydrogens (tertiary/aromatic N) is 2. The Morgan fingerprint density at radius 2 is 2.25 bits per heavy atom. The normalized spacial score (nSPS) is 21.2. The van der Waals surface area contributed by atoms with Crippen LogP contribution in [0, 0.1) is 11.6 Å². The Morgan fingerprint density at radius 1 is 1.50 bits per heavy atom. The number of nitrogen functional groups attached to an aromatic ring is 1. The van der Waals surface area contributed by atoms with Gasteiger partial charge >= 0.3 is 0 Å². The van der Waals surface area contributed by atoms with Crippen LogP contribution in [0.5, 0.6) is 0 Å². The summed E-state index contributed by atoms with van der Waals surface area (Å²) in [7, 11) is 0. The molecule has 1 aromatic rings. The molecule has 3 nitrogen and oxygen atoms in total. The molecule has 6 heteroatoms. The summed E-state index contributed by atoms with van der Waals surface area (Å²) in [5, 5.41) is 0.418. The predicted octanol–water partition coefficient (Wildman–Crippen LogP) is 1.88. The molecule has 16 heavy (non-hydrogen) atoms. The maximum absolute atomic E-state index is 13.5. The fraction of sp³-hybridized carbons (Fsp3) is 0.500. The van der Waals surface area contributed by atoms with Gasteiger partial charge in [-0.3, -0.25) is 0 Å². The van der Waals surface area contributed by atoms with Gasteiger partial charge in [0.05, 0.1) is 0 Å². The molecule has 2 N–H and O–H groups in total. The molecule has 1 aliphatic heterocycles. The SMILES string of the molecule is CC1CN(c2nc(N)c(F)cc2F)CCS1. The lowest BCUT2D eigenvalue weighted by atomic mass is 10.3. The van der Waals surface area contributed by atoms with E-state index in [0.717, 1.165) is 11.8 Å². The number of halogens is 2. The molecule has 0 bridgehead atoms. The summed E-state index contributed by atoms with van der Waals surface area (Å²) in [5.74, 6) is -0.626. The van der Waals surface area contributed by atoms with Gasteiger partial charge in [-0.25, -0.2) is 13.8 Å². The predicted molar refractivity (Wildman–Crippen MR) is 62.7 cm³/mol. The van der Waals surface area contributed by atoms with Crippen LogP contribution in [-0.2, 0) is 0 Å². The first-order valence-electron chi connectivity index (χ1n) is 5.06. The van der Waals surface area contributed by atoms with Crippen molar-refractivity contribution in [1.82, 2.24) is 4.98 Å². The van der Waals surface area contributed by atoms with E-state index in [1.165, 1.54) is 0 Å². The molecule has 0 radical (unpaired) electrons. The van der Waals surface area contributed by atoms with E-state index in [4.69, 9.17) is 5.73 Å². The highest BCUT2D eigenvalue weighted by molar-refractivity contribution is 8.00. The summed E-state index contributed by atoms with van der Waals surface area (Å²) in [4.78, 5) is 5.59. The van der Waals surface area contributed by atoms with E-state index in [9.17, 15) is 8.78 Å². The van der Waals surface area contributed by atoms with Crippen LogP contribution < -0.4 is 10.6 Å². The quantitative estimate of drug-likeness (QED) is 0.820. The van der Waals surface area contributed by atoms with E-state index in [0.29, 0.717) is 18.3 Å². The summed E-state index contributed by atoms with van der Waals surface area (Å²) in [6.07, 6.45) is 0. The highest BCUT2D eigenvalue weighted by Crippen LogP contribution is 2.26. The third-order valence-electron chi connectivity index (χ3n) is 2.48. The number of thioether (sulfide) groups is 1. The molecular weight excluding hydrogens is 232 g/mol. The van der Waals surface area contributed by atoms with Crippen LogP contribution in [0.2, 0.25) is 0 Å². The van der Waals surface area contributed by atoms with Crippen molar-refractivity contribution in [2.75, 3.05) is 29.5 Å². The zero-order valence-electron chi connectivity index (χ0n) is 8.91. The molecule has 88 valence electrons. The molecule has 1 aromatic heterocycles. The number of hydrogen-bond donors (Lipinski definition) is 1. The zero-order valence-corrected chi connectivity index (χ0v) is 9.73. The summed E-state index contributed by atoms with van der Waals surface area (Å²) in [6, 6.07) is 0.796. The second-order valence-corrected chi connectivity index (χ2v) is 5.33. The standard InChI is InChI=1S/C10H13F2N3S/c1-6-5-15(2-3-16-6)10-8(12)4-7(11)9(13)14-10/h4,6H,2-3,5H2,1H3,(H2,13,14). The topological polar surface area (TPSA) is 42.2 Å². The van der Waals surface area contributed by atoms with Gasteiger partial charge in [-0.15, -0.1) is 0 Å². The van der Waals surface area contributed by atoms with Crippen LogP contribution in [0.15, 0.2) is 6.07 Å². The molecule has 1 saturated heterocycles. The molecule has 1 atom stereocenters. The van der Waals surface area contributed by atoms with Crippen molar-refractivity contribution in [3.05, 3.63) is 17.7 Å². The van der Waals surface area contributed by atoms with Crippen molar-refractivity contribution in [2.45, 2.75) is 12.2 Å². The third kappa shape index (κ3) is 2.21. The summed E-state index contributed by atoms with van der Waals surface area (Å²) in [6.45, 7) is 3.49. The molecule has 1 unspecified atom stereocenters. The second-order valence-electron chi connectivity index (χ2n) is 3.79. The van der Waals surface area contributed by atoms with E-state index in [2.05, 4.69) is 11.9 Å². The van der Waals surface area contributed by atoms with Crippen molar-refractivity contribution in [3.63, 3.8) is 0 Å². The smallest absolute Gasteiger partial charge is 0.168 e. The minimum Gasteiger partial charge on any atom is -0.381 e. The second kappa shape index (κ2) is 4.45. The highest BCUT2D eigenvalue weighted by atomic mass is 32.2. The lowest BCUT2D eigenvalue weighted by Crippen LogP contribution is -2.37. The molecule has 1 aliphatic rings. The first-order valence-corrected chi connectivity index (χ1v) is 6.11. The third-order valence-corrected chi connectivity index (χ3v) is 3.62. The Kier molecular flexibility index (Phi) is 3.18. The van der Waals surface area contributed by atoms with Gasteiger partial charge in [0.1, 0.15) is 0 Å². The molecule has 0 aliphatic carbocycles. The van der Waals surface area contributed by atoms with Crippen LogP contribution >= 0.6 is 11.8 Å². The molecule has 0 aromatic carbocycles. The molecule has 1 fully saturated rings. The summed E-state index contributed by atoms with van der Waals surface area (Å²) in [5.41, 5.74) is 5.35. The Bertz CT molecular complexity index is 400. The van der Waals surface area contributed by atoms with E-state index in [1.807, 2.05) is 16.7 Å². The van der Waals surface area contributed by atoms with E-state index < -0.39 is 11.6 Å². The molecule has 2 heterocycles. The Morgan fingerprint density at radius 3 is 2.94 bits per heavy atom. The fourth-order valence-electron chi connectivity index (χ4n) is 1.70. The van der Waals surface area contributed by atoms with Gasteiger partial charge in [-0.1, -0.05) is 6.92 Å². The maximum atomic E-state index is 13.5. The first-order chi connectivity index (χ1) is 7.58. The van der Waals surface area contributed by atoms with Crippen LogP contribution in [-0.4, -0.2) is 29.1 Å². The molecule has 0 amide bonds. The number of anilines is 2. The van der Waals surface area contributed by atoms with Crippen LogP contribution in [0.3, 0.4) is 0 Å². The largest absolute Gasteiger partial charge is 0.381 e. The Balaban J connectivity index is 2.29. The average Bonchev–Trinajstić information content (AvgIpc) is 2.23. The lowest BCUT2D eigenvalue weighted by Gasteiger charge is -2.31. The van der Waals surface area contributed by atoms with Crippen LogP contribution in [0.4, 0.5) is 20.4 Å². The fourth-order valence-corrected chi connectivity index (χ4v) is 2.72. The van der Waals surface area contributed by atoms with Gasteiger partial charge < -0.3 is 10.6 Å². The monoisotopic (exact) mass is 245 g/mol. The summed E-state index contributed by atoms with van der Waals surface area (Å²) >= 11 is 1.83. The van der Waals surface area contributed by atoms with Crippen molar-refractivity contribution in [3.8, 4) is 0 Å². The van der Waals surface area contributed by atoms with E-state index in [-0.39, 0.29) is 11.6 Å². The molecule has 2 rings (SSSR count). The average molecular weight is 245 g/mol. The van der Waals surface area contributed by atoms with Gasteiger partial charge in [0, 0.05) is 30.2 Å². The minimum absolute atomic E-state index is 0.158. The Hall–Kier alpha value is -1.04. The maximum Gasteiger partial charge on any atom is 0.168 e. The molecular formula is C10H13F2N3S.